The third-order valence-electron chi connectivity index (χ3n) is 3.62. The molecule has 0 unspecified atom stereocenters. The molecular formula is C15H15ClN2O3S. The summed E-state index contributed by atoms with van der Waals surface area (Å²) < 4.78 is 26.8. The standard InChI is InChI=1S/C15H15ClN2O3S/c1-10(19)17-12-6-7-13-15-11(12)4-2-5-14(15)22(20,21)18(13)9-3-8-16/h2,4-7H,3,8-9H2,1H3,(H,17,19). The minimum Gasteiger partial charge on any atom is -0.326 e. The number of amides is 1. The third-order valence-corrected chi connectivity index (χ3v) is 5.75. The van der Waals surface area contributed by atoms with Crippen LogP contribution in [0.15, 0.2) is 35.2 Å². The number of carbonyl (C=O) groups is 1. The number of rotatable bonds is 4. The molecular weight excluding hydrogens is 324 g/mol. The van der Waals surface area contributed by atoms with Crippen LogP contribution in [0.2, 0.25) is 0 Å². The number of sulfonamides is 1. The van der Waals surface area contributed by atoms with Gasteiger partial charge in [-0.05, 0) is 24.6 Å². The Bertz CT molecular complexity index is 864. The maximum absolute atomic E-state index is 12.7. The summed E-state index contributed by atoms with van der Waals surface area (Å²) in [4.78, 5) is 11.6. The van der Waals surface area contributed by atoms with Crippen LogP contribution in [0.25, 0.3) is 10.8 Å². The zero-order valence-corrected chi connectivity index (χ0v) is 13.5. The molecule has 0 saturated heterocycles. The predicted molar refractivity (Wildman–Crippen MR) is 88.1 cm³/mol. The van der Waals surface area contributed by atoms with Crippen molar-refractivity contribution in [3.8, 4) is 0 Å². The van der Waals surface area contributed by atoms with Crippen molar-refractivity contribution in [3.63, 3.8) is 0 Å². The summed E-state index contributed by atoms with van der Waals surface area (Å²) in [6.07, 6.45) is 0.573. The van der Waals surface area contributed by atoms with E-state index in [1.165, 1.54) is 11.2 Å². The van der Waals surface area contributed by atoms with Gasteiger partial charge in [0.1, 0.15) is 0 Å². The first-order chi connectivity index (χ1) is 10.5. The molecule has 22 heavy (non-hydrogen) atoms. The van der Waals surface area contributed by atoms with E-state index >= 15 is 0 Å². The lowest BCUT2D eigenvalue weighted by Gasteiger charge is -2.18. The highest BCUT2D eigenvalue weighted by Gasteiger charge is 2.35. The van der Waals surface area contributed by atoms with Crippen LogP contribution in [-0.4, -0.2) is 26.7 Å². The lowest BCUT2D eigenvalue weighted by Crippen LogP contribution is -2.28. The summed E-state index contributed by atoms with van der Waals surface area (Å²) in [6.45, 7) is 1.77. The monoisotopic (exact) mass is 338 g/mol. The van der Waals surface area contributed by atoms with Gasteiger partial charge >= 0.3 is 0 Å². The number of nitrogens with one attached hydrogen (secondary N) is 1. The number of carbonyl (C=O) groups excluding carboxylic acids is 1. The van der Waals surface area contributed by atoms with E-state index in [-0.39, 0.29) is 10.8 Å². The SMILES string of the molecule is CC(=O)Nc1ccc2c3c(cccc13)S(=O)(=O)N2CCCCl. The van der Waals surface area contributed by atoms with E-state index in [4.69, 9.17) is 11.6 Å². The second-order valence-electron chi connectivity index (χ2n) is 5.11. The molecule has 116 valence electrons. The van der Waals surface area contributed by atoms with Gasteiger partial charge in [-0.3, -0.25) is 9.10 Å². The average Bonchev–Trinajstić information content (AvgIpc) is 2.69. The first kappa shape index (κ1) is 15.1. The van der Waals surface area contributed by atoms with Crippen molar-refractivity contribution in [3.05, 3.63) is 30.3 Å². The molecule has 0 radical (unpaired) electrons. The van der Waals surface area contributed by atoms with Gasteiger partial charge in [0.2, 0.25) is 5.91 Å². The molecule has 0 aromatic heterocycles. The molecule has 1 N–H and O–H groups in total. The molecule has 0 bridgehead atoms. The summed E-state index contributed by atoms with van der Waals surface area (Å²) in [5.41, 5.74) is 1.26. The fraction of sp³-hybridized carbons (Fsp3) is 0.267. The van der Waals surface area contributed by atoms with Crippen molar-refractivity contribution in [2.24, 2.45) is 0 Å². The van der Waals surface area contributed by atoms with Crippen LogP contribution in [0.1, 0.15) is 13.3 Å². The zero-order valence-electron chi connectivity index (χ0n) is 12.0. The number of nitrogens with zero attached hydrogens (tertiary/aromatic N) is 1. The molecule has 0 spiro atoms. The molecule has 0 atom stereocenters. The summed E-state index contributed by atoms with van der Waals surface area (Å²) in [5.74, 6) is 0.204. The lowest BCUT2D eigenvalue weighted by atomic mass is 10.1. The van der Waals surface area contributed by atoms with Crippen molar-refractivity contribution in [2.45, 2.75) is 18.2 Å². The smallest absolute Gasteiger partial charge is 0.265 e. The van der Waals surface area contributed by atoms with E-state index in [0.29, 0.717) is 35.6 Å². The average molecular weight is 339 g/mol. The van der Waals surface area contributed by atoms with E-state index in [2.05, 4.69) is 5.32 Å². The van der Waals surface area contributed by atoms with Crippen molar-refractivity contribution in [1.29, 1.82) is 0 Å². The van der Waals surface area contributed by atoms with Gasteiger partial charge in [-0.15, -0.1) is 11.6 Å². The normalized spacial score (nSPS) is 15.3. The summed E-state index contributed by atoms with van der Waals surface area (Å²) in [7, 11) is -3.55. The predicted octanol–water partition coefficient (Wildman–Crippen LogP) is 2.94. The Kier molecular flexibility index (Phi) is 3.74. The fourth-order valence-electron chi connectivity index (χ4n) is 2.77. The molecule has 1 aliphatic heterocycles. The highest BCUT2D eigenvalue weighted by Crippen LogP contribution is 2.44. The topological polar surface area (TPSA) is 66.5 Å². The van der Waals surface area contributed by atoms with Gasteiger partial charge in [-0.2, -0.15) is 0 Å². The van der Waals surface area contributed by atoms with Crippen molar-refractivity contribution >= 4 is 49.7 Å². The Hall–Kier alpha value is -1.79. The molecule has 7 heteroatoms. The van der Waals surface area contributed by atoms with Gasteiger partial charge in [0.05, 0.1) is 10.6 Å². The highest BCUT2D eigenvalue weighted by atomic mass is 35.5. The summed E-state index contributed by atoms with van der Waals surface area (Å²) in [5, 5.41) is 4.12. The Morgan fingerprint density at radius 3 is 2.73 bits per heavy atom. The van der Waals surface area contributed by atoms with E-state index in [1.807, 2.05) is 6.07 Å². The quantitative estimate of drug-likeness (QED) is 0.872. The van der Waals surface area contributed by atoms with Crippen LogP contribution in [0, 0.1) is 0 Å². The van der Waals surface area contributed by atoms with Crippen molar-refractivity contribution in [2.75, 3.05) is 22.0 Å². The second kappa shape index (κ2) is 5.44. The molecule has 5 nitrogen and oxygen atoms in total. The Labute approximate surface area is 133 Å². The molecule has 3 rings (SSSR count). The lowest BCUT2D eigenvalue weighted by molar-refractivity contribution is -0.114. The molecule has 0 saturated carbocycles. The summed E-state index contributed by atoms with van der Waals surface area (Å²) >= 11 is 5.70. The van der Waals surface area contributed by atoms with Crippen LogP contribution >= 0.6 is 11.6 Å². The van der Waals surface area contributed by atoms with Gasteiger partial charge in [-0.25, -0.2) is 8.42 Å². The van der Waals surface area contributed by atoms with E-state index < -0.39 is 10.0 Å². The number of halogens is 1. The van der Waals surface area contributed by atoms with Gasteiger partial charge < -0.3 is 5.32 Å². The maximum Gasteiger partial charge on any atom is 0.265 e. The van der Waals surface area contributed by atoms with E-state index in [0.717, 1.165) is 5.39 Å². The zero-order chi connectivity index (χ0) is 15.9. The Morgan fingerprint density at radius 2 is 2.05 bits per heavy atom. The molecule has 2 aromatic rings. The van der Waals surface area contributed by atoms with Crippen LogP contribution < -0.4 is 9.62 Å². The number of benzene rings is 2. The Balaban J connectivity index is 2.24. The van der Waals surface area contributed by atoms with Crippen LogP contribution in [0.3, 0.4) is 0 Å². The fourth-order valence-corrected chi connectivity index (χ4v) is 4.63. The first-order valence-corrected chi connectivity index (χ1v) is 8.86. The second-order valence-corrected chi connectivity index (χ2v) is 7.32. The van der Waals surface area contributed by atoms with E-state index in [1.54, 1.807) is 24.3 Å². The van der Waals surface area contributed by atoms with Crippen LogP contribution in [0.4, 0.5) is 11.4 Å². The Morgan fingerprint density at radius 1 is 1.27 bits per heavy atom. The van der Waals surface area contributed by atoms with Gasteiger partial charge in [0.25, 0.3) is 10.0 Å². The van der Waals surface area contributed by atoms with Gasteiger partial charge in [0.15, 0.2) is 0 Å². The number of hydrogen-bond donors (Lipinski definition) is 1. The van der Waals surface area contributed by atoms with Crippen LogP contribution in [0.5, 0.6) is 0 Å². The molecule has 1 heterocycles. The molecule has 0 aliphatic carbocycles. The van der Waals surface area contributed by atoms with Crippen molar-refractivity contribution < 1.29 is 13.2 Å². The first-order valence-electron chi connectivity index (χ1n) is 6.89. The maximum atomic E-state index is 12.7. The summed E-state index contributed by atoms with van der Waals surface area (Å²) in [6, 6.07) is 8.57. The molecule has 2 aromatic carbocycles. The highest BCUT2D eigenvalue weighted by molar-refractivity contribution is 7.93. The minimum atomic E-state index is -3.55. The minimum absolute atomic E-state index is 0.194. The third kappa shape index (κ3) is 2.23. The largest absolute Gasteiger partial charge is 0.326 e. The van der Waals surface area contributed by atoms with Gasteiger partial charge in [0, 0.05) is 35.8 Å². The van der Waals surface area contributed by atoms with E-state index in [9.17, 15) is 13.2 Å². The van der Waals surface area contributed by atoms with Gasteiger partial charge in [-0.1, -0.05) is 12.1 Å². The molecule has 1 aliphatic rings. The number of hydrogen-bond acceptors (Lipinski definition) is 3. The number of alkyl halides is 1. The molecule has 0 fully saturated rings. The molecule has 1 amide bonds. The van der Waals surface area contributed by atoms with Crippen molar-refractivity contribution in [1.82, 2.24) is 0 Å². The van der Waals surface area contributed by atoms with Crippen LogP contribution in [-0.2, 0) is 14.8 Å². The number of anilines is 2.